The third kappa shape index (κ3) is 1.02. The Morgan fingerprint density at radius 1 is 1.58 bits per heavy atom. The highest BCUT2D eigenvalue weighted by Crippen LogP contribution is 2.17. The molecule has 0 radical (unpaired) electrons. The standard InChI is InChI=1S/C7H6BrN3O/c8-7-5(4-12)10-6-3-9-1-2-11(6)7/h1-3,12H,4H2. The second kappa shape index (κ2) is 2.84. The third-order valence-corrected chi connectivity index (χ3v) is 2.43. The Bertz CT molecular complexity index is 412. The fourth-order valence-electron chi connectivity index (χ4n) is 1.03. The van der Waals surface area contributed by atoms with Gasteiger partial charge in [-0.25, -0.2) is 4.98 Å². The maximum absolute atomic E-state index is 8.89. The zero-order chi connectivity index (χ0) is 8.55. The molecule has 0 spiro atoms. The summed E-state index contributed by atoms with van der Waals surface area (Å²) < 4.78 is 2.60. The van der Waals surface area contributed by atoms with E-state index in [0.717, 1.165) is 10.3 Å². The normalized spacial score (nSPS) is 10.8. The quantitative estimate of drug-likeness (QED) is 0.791. The van der Waals surface area contributed by atoms with E-state index < -0.39 is 0 Å². The Kier molecular flexibility index (Phi) is 1.82. The van der Waals surface area contributed by atoms with Crippen molar-refractivity contribution in [1.82, 2.24) is 14.4 Å². The van der Waals surface area contributed by atoms with Gasteiger partial charge in [-0.05, 0) is 15.9 Å². The van der Waals surface area contributed by atoms with Crippen LogP contribution in [0.5, 0.6) is 0 Å². The molecule has 2 aromatic rings. The first kappa shape index (κ1) is 7.70. The maximum atomic E-state index is 8.89. The van der Waals surface area contributed by atoms with Crippen molar-refractivity contribution >= 4 is 21.6 Å². The molecule has 1 N–H and O–H groups in total. The minimum absolute atomic E-state index is 0.0672. The minimum Gasteiger partial charge on any atom is -0.390 e. The Balaban J connectivity index is 2.78. The Morgan fingerprint density at radius 3 is 3.08 bits per heavy atom. The number of fused-ring (bicyclic) bond motifs is 1. The van der Waals surface area contributed by atoms with Crippen LogP contribution in [0, 0.1) is 0 Å². The van der Waals surface area contributed by atoms with Crippen LogP contribution in [0.2, 0.25) is 0 Å². The van der Waals surface area contributed by atoms with Gasteiger partial charge in [0.25, 0.3) is 0 Å². The average Bonchev–Trinajstić information content (AvgIpc) is 2.44. The molecule has 0 aliphatic heterocycles. The topological polar surface area (TPSA) is 50.4 Å². The van der Waals surface area contributed by atoms with Crippen LogP contribution in [0.15, 0.2) is 23.2 Å². The van der Waals surface area contributed by atoms with Gasteiger partial charge in [-0.2, -0.15) is 0 Å². The number of aromatic nitrogens is 3. The van der Waals surface area contributed by atoms with Crippen molar-refractivity contribution in [3.63, 3.8) is 0 Å². The summed E-state index contributed by atoms with van der Waals surface area (Å²) in [5.41, 5.74) is 1.36. The molecule has 0 amide bonds. The molecule has 0 saturated carbocycles. The summed E-state index contributed by atoms with van der Waals surface area (Å²) in [4.78, 5) is 8.05. The number of aliphatic hydroxyl groups is 1. The van der Waals surface area contributed by atoms with Crippen LogP contribution < -0.4 is 0 Å². The molecule has 0 bridgehead atoms. The van der Waals surface area contributed by atoms with Gasteiger partial charge >= 0.3 is 0 Å². The summed E-state index contributed by atoms with van der Waals surface area (Å²) in [6.45, 7) is -0.0672. The molecule has 62 valence electrons. The predicted molar refractivity (Wildman–Crippen MR) is 46.6 cm³/mol. The lowest BCUT2D eigenvalue weighted by molar-refractivity contribution is 0.276. The van der Waals surface area contributed by atoms with Crippen molar-refractivity contribution in [2.75, 3.05) is 0 Å². The molecule has 5 heteroatoms. The first-order valence-corrected chi connectivity index (χ1v) is 4.19. The number of imidazole rings is 1. The van der Waals surface area contributed by atoms with E-state index in [1.807, 2.05) is 4.40 Å². The van der Waals surface area contributed by atoms with Crippen LogP contribution >= 0.6 is 15.9 Å². The molecule has 0 atom stereocenters. The molecule has 0 aliphatic rings. The average molecular weight is 228 g/mol. The van der Waals surface area contributed by atoms with E-state index in [4.69, 9.17) is 5.11 Å². The summed E-state index contributed by atoms with van der Waals surface area (Å²) in [6.07, 6.45) is 5.09. The predicted octanol–water partition coefficient (Wildman–Crippen LogP) is 0.984. The molecule has 4 nitrogen and oxygen atoms in total. The Morgan fingerprint density at radius 2 is 2.42 bits per heavy atom. The number of nitrogens with zero attached hydrogens (tertiary/aromatic N) is 3. The molecule has 0 saturated heterocycles. The van der Waals surface area contributed by atoms with E-state index in [2.05, 4.69) is 25.9 Å². The number of halogens is 1. The van der Waals surface area contributed by atoms with Gasteiger partial charge in [-0.1, -0.05) is 0 Å². The Hall–Kier alpha value is -0.940. The summed E-state index contributed by atoms with van der Waals surface area (Å²) in [5.74, 6) is 0. The molecule has 2 aromatic heterocycles. The van der Waals surface area contributed by atoms with Crippen molar-refractivity contribution < 1.29 is 5.11 Å². The van der Waals surface area contributed by atoms with Crippen LogP contribution in [0.25, 0.3) is 5.65 Å². The lowest BCUT2D eigenvalue weighted by Gasteiger charge is -1.91. The molecule has 0 unspecified atom stereocenters. The lowest BCUT2D eigenvalue weighted by atomic mass is 10.5. The highest BCUT2D eigenvalue weighted by Gasteiger charge is 2.06. The Labute approximate surface area is 77.0 Å². The molecular formula is C7H6BrN3O. The van der Waals surface area contributed by atoms with E-state index >= 15 is 0 Å². The molecule has 0 aromatic carbocycles. The van der Waals surface area contributed by atoms with Gasteiger partial charge < -0.3 is 5.11 Å². The van der Waals surface area contributed by atoms with Gasteiger partial charge in [0.1, 0.15) is 4.60 Å². The van der Waals surface area contributed by atoms with Crippen LogP contribution in [0.4, 0.5) is 0 Å². The largest absolute Gasteiger partial charge is 0.390 e. The van der Waals surface area contributed by atoms with Gasteiger partial charge in [0.15, 0.2) is 5.65 Å². The summed E-state index contributed by atoms with van der Waals surface area (Å²) in [5, 5.41) is 8.89. The number of aliphatic hydroxyl groups excluding tert-OH is 1. The summed E-state index contributed by atoms with van der Waals surface area (Å²) in [7, 11) is 0. The van der Waals surface area contributed by atoms with Crippen molar-refractivity contribution in [3.05, 3.63) is 28.9 Å². The number of rotatable bonds is 1. The van der Waals surface area contributed by atoms with Gasteiger partial charge in [-0.15, -0.1) is 0 Å². The first-order chi connectivity index (χ1) is 5.83. The highest BCUT2D eigenvalue weighted by molar-refractivity contribution is 9.10. The molecule has 0 aliphatic carbocycles. The van der Waals surface area contributed by atoms with E-state index in [1.54, 1.807) is 18.6 Å². The van der Waals surface area contributed by atoms with Gasteiger partial charge in [-0.3, -0.25) is 9.38 Å². The summed E-state index contributed by atoms with van der Waals surface area (Å²) in [6, 6.07) is 0. The second-order valence-corrected chi connectivity index (χ2v) is 3.06. The van der Waals surface area contributed by atoms with E-state index in [0.29, 0.717) is 5.69 Å². The zero-order valence-electron chi connectivity index (χ0n) is 6.11. The molecule has 0 fully saturated rings. The fourth-order valence-corrected chi connectivity index (χ4v) is 1.54. The SMILES string of the molecule is OCc1nc2cnccn2c1Br. The minimum atomic E-state index is -0.0672. The van der Waals surface area contributed by atoms with Crippen molar-refractivity contribution in [3.8, 4) is 0 Å². The highest BCUT2D eigenvalue weighted by atomic mass is 79.9. The van der Waals surface area contributed by atoms with Crippen LogP contribution in [0.3, 0.4) is 0 Å². The fraction of sp³-hybridized carbons (Fsp3) is 0.143. The van der Waals surface area contributed by atoms with Crippen molar-refractivity contribution in [2.45, 2.75) is 6.61 Å². The van der Waals surface area contributed by atoms with Crippen LogP contribution in [-0.4, -0.2) is 19.5 Å². The smallest absolute Gasteiger partial charge is 0.156 e. The molecular weight excluding hydrogens is 222 g/mol. The lowest BCUT2D eigenvalue weighted by Crippen LogP contribution is -1.85. The monoisotopic (exact) mass is 227 g/mol. The zero-order valence-corrected chi connectivity index (χ0v) is 7.69. The van der Waals surface area contributed by atoms with Gasteiger partial charge in [0, 0.05) is 12.4 Å². The van der Waals surface area contributed by atoms with Gasteiger partial charge in [0.2, 0.25) is 0 Å². The number of hydrogen-bond donors (Lipinski definition) is 1. The number of hydrogen-bond acceptors (Lipinski definition) is 3. The second-order valence-electron chi connectivity index (χ2n) is 2.31. The van der Waals surface area contributed by atoms with Gasteiger partial charge in [0.05, 0.1) is 18.5 Å². The third-order valence-electron chi connectivity index (χ3n) is 1.59. The maximum Gasteiger partial charge on any atom is 0.156 e. The van der Waals surface area contributed by atoms with E-state index in [-0.39, 0.29) is 6.61 Å². The molecule has 2 heterocycles. The van der Waals surface area contributed by atoms with E-state index in [9.17, 15) is 0 Å². The molecule has 2 rings (SSSR count). The van der Waals surface area contributed by atoms with Crippen molar-refractivity contribution in [2.24, 2.45) is 0 Å². The van der Waals surface area contributed by atoms with E-state index in [1.165, 1.54) is 0 Å². The van der Waals surface area contributed by atoms with Crippen LogP contribution in [0.1, 0.15) is 5.69 Å². The summed E-state index contributed by atoms with van der Waals surface area (Å²) >= 11 is 3.32. The molecule has 12 heavy (non-hydrogen) atoms. The first-order valence-electron chi connectivity index (χ1n) is 3.40. The van der Waals surface area contributed by atoms with Crippen molar-refractivity contribution in [1.29, 1.82) is 0 Å². The van der Waals surface area contributed by atoms with Crippen LogP contribution in [-0.2, 0) is 6.61 Å².